The van der Waals surface area contributed by atoms with Gasteiger partial charge in [0.25, 0.3) is 0 Å². The van der Waals surface area contributed by atoms with Gasteiger partial charge in [-0.3, -0.25) is 0 Å². The molecule has 0 saturated heterocycles. The van der Waals surface area contributed by atoms with E-state index in [4.69, 9.17) is 23.2 Å². The van der Waals surface area contributed by atoms with E-state index in [1.807, 2.05) is 0 Å². The summed E-state index contributed by atoms with van der Waals surface area (Å²) < 4.78 is 23.8. The maximum absolute atomic E-state index is 11.5. The Labute approximate surface area is 125 Å². The van der Waals surface area contributed by atoms with Crippen LogP contribution in [0, 0.1) is 0 Å². The van der Waals surface area contributed by atoms with Crippen LogP contribution < -0.4 is 0 Å². The molecule has 0 aliphatic carbocycles. The minimum absolute atomic E-state index is 0.154. The first-order valence-corrected chi connectivity index (χ1v) is 8.68. The van der Waals surface area contributed by atoms with Gasteiger partial charge in [0.1, 0.15) is 10.4 Å². The minimum atomic E-state index is -3.31. The predicted molar refractivity (Wildman–Crippen MR) is 78.0 cm³/mol. The van der Waals surface area contributed by atoms with Crippen molar-refractivity contribution in [2.75, 3.05) is 6.26 Å². The van der Waals surface area contributed by atoms with E-state index in [0.29, 0.717) is 19.8 Å². The summed E-state index contributed by atoms with van der Waals surface area (Å²) in [5.41, 5.74) is 0.932. The first-order chi connectivity index (χ1) is 8.79. The first kappa shape index (κ1) is 14.8. The molecule has 1 atom stereocenters. The molecule has 0 saturated carbocycles. The van der Waals surface area contributed by atoms with Crippen molar-refractivity contribution in [3.05, 3.63) is 50.1 Å². The molecule has 0 fully saturated rings. The highest BCUT2D eigenvalue weighted by molar-refractivity contribution is 7.90. The molecule has 1 aromatic carbocycles. The number of aliphatic hydroxyl groups excluding tert-OH is 1. The van der Waals surface area contributed by atoms with Gasteiger partial charge in [0, 0.05) is 11.8 Å². The third kappa shape index (κ3) is 3.30. The molecule has 0 aliphatic heterocycles. The summed E-state index contributed by atoms with van der Waals surface area (Å²) in [6.07, 6.45) is 0.116. The maximum Gasteiger partial charge on any atom is 0.175 e. The van der Waals surface area contributed by atoms with Crippen molar-refractivity contribution in [1.82, 2.24) is 0 Å². The standard InChI is InChI=1S/C12H10Cl2O3S2/c1-19(16,17)8-4-2-3-7(5-8)11(15)9-6-10(13)18-12(9)14/h2-6,11,15H,1H3. The highest BCUT2D eigenvalue weighted by Crippen LogP contribution is 2.37. The third-order valence-electron chi connectivity index (χ3n) is 2.58. The minimum Gasteiger partial charge on any atom is -0.384 e. The average Bonchev–Trinajstić information content (AvgIpc) is 2.66. The van der Waals surface area contributed by atoms with E-state index in [1.165, 1.54) is 12.1 Å². The van der Waals surface area contributed by atoms with Crippen molar-refractivity contribution in [3.63, 3.8) is 0 Å². The van der Waals surface area contributed by atoms with Crippen LogP contribution in [0.15, 0.2) is 35.2 Å². The van der Waals surface area contributed by atoms with Gasteiger partial charge in [-0.2, -0.15) is 0 Å². The van der Waals surface area contributed by atoms with E-state index in [-0.39, 0.29) is 4.90 Å². The van der Waals surface area contributed by atoms with Crippen molar-refractivity contribution >= 4 is 44.4 Å². The smallest absolute Gasteiger partial charge is 0.175 e. The number of hydrogen-bond acceptors (Lipinski definition) is 4. The van der Waals surface area contributed by atoms with Crippen LogP contribution in [0.3, 0.4) is 0 Å². The number of hydrogen-bond donors (Lipinski definition) is 1. The number of sulfone groups is 1. The van der Waals surface area contributed by atoms with Gasteiger partial charge >= 0.3 is 0 Å². The van der Waals surface area contributed by atoms with Crippen LogP contribution in [-0.4, -0.2) is 19.8 Å². The second kappa shape index (κ2) is 5.42. The molecule has 2 rings (SSSR count). The van der Waals surface area contributed by atoms with Gasteiger partial charge in [-0.05, 0) is 23.8 Å². The molecule has 1 aromatic heterocycles. The van der Waals surface area contributed by atoms with Crippen molar-refractivity contribution in [3.8, 4) is 0 Å². The summed E-state index contributed by atoms with van der Waals surface area (Å²) in [4.78, 5) is 0.154. The van der Waals surface area contributed by atoms with Gasteiger partial charge in [-0.1, -0.05) is 35.3 Å². The van der Waals surface area contributed by atoms with Gasteiger partial charge in [0.15, 0.2) is 9.84 Å². The summed E-state index contributed by atoms with van der Waals surface area (Å²) in [5, 5.41) is 10.2. The second-order valence-electron chi connectivity index (χ2n) is 4.03. The summed E-state index contributed by atoms with van der Waals surface area (Å²) in [6.45, 7) is 0. The van der Waals surface area contributed by atoms with Gasteiger partial charge in [-0.15, -0.1) is 11.3 Å². The highest BCUT2D eigenvalue weighted by Gasteiger charge is 2.18. The fraction of sp³-hybridized carbons (Fsp3) is 0.167. The van der Waals surface area contributed by atoms with Crippen molar-refractivity contribution in [2.24, 2.45) is 0 Å². The zero-order valence-corrected chi connectivity index (χ0v) is 12.9. The third-order valence-corrected chi connectivity index (χ3v) is 5.21. The highest BCUT2D eigenvalue weighted by atomic mass is 35.5. The van der Waals surface area contributed by atoms with Crippen LogP contribution in [-0.2, 0) is 9.84 Å². The van der Waals surface area contributed by atoms with Crippen molar-refractivity contribution < 1.29 is 13.5 Å². The Morgan fingerprint density at radius 3 is 2.47 bits per heavy atom. The fourth-order valence-electron chi connectivity index (χ4n) is 1.63. The molecule has 2 aromatic rings. The topological polar surface area (TPSA) is 54.4 Å². The lowest BCUT2D eigenvalue weighted by Gasteiger charge is -2.11. The molecule has 0 bridgehead atoms. The molecule has 1 N–H and O–H groups in total. The summed E-state index contributed by atoms with van der Waals surface area (Å²) in [5.74, 6) is 0. The normalized spacial score (nSPS) is 13.5. The zero-order valence-electron chi connectivity index (χ0n) is 9.80. The average molecular weight is 337 g/mol. The molecule has 0 spiro atoms. The molecule has 0 aliphatic rings. The summed E-state index contributed by atoms with van der Waals surface area (Å²) in [6, 6.07) is 7.71. The fourth-order valence-corrected chi connectivity index (χ4v) is 3.83. The predicted octanol–water partition coefficient (Wildman–Crippen LogP) is 3.54. The number of halogens is 2. The monoisotopic (exact) mass is 336 g/mol. The van der Waals surface area contributed by atoms with Crippen LogP contribution in [0.2, 0.25) is 8.67 Å². The van der Waals surface area contributed by atoms with Gasteiger partial charge in [0.2, 0.25) is 0 Å². The Morgan fingerprint density at radius 1 is 1.26 bits per heavy atom. The second-order valence-corrected chi connectivity index (χ2v) is 8.33. The molecule has 0 radical (unpaired) electrons. The Morgan fingerprint density at radius 2 is 1.95 bits per heavy atom. The number of rotatable bonds is 3. The van der Waals surface area contributed by atoms with E-state index >= 15 is 0 Å². The molecule has 1 heterocycles. The number of thiophene rings is 1. The Balaban J connectivity index is 2.45. The van der Waals surface area contributed by atoms with Crippen LogP contribution in [0.25, 0.3) is 0 Å². The molecular weight excluding hydrogens is 327 g/mol. The lowest BCUT2D eigenvalue weighted by atomic mass is 10.0. The molecule has 3 nitrogen and oxygen atoms in total. The molecule has 1 unspecified atom stereocenters. The van der Waals surface area contributed by atoms with E-state index in [9.17, 15) is 13.5 Å². The van der Waals surface area contributed by atoms with Gasteiger partial charge < -0.3 is 5.11 Å². The summed E-state index contributed by atoms with van der Waals surface area (Å²) >= 11 is 13.0. The molecule has 0 amide bonds. The Kier molecular flexibility index (Phi) is 4.23. The van der Waals surface area contributed by atoms with Crippen LogP contribution in [0.1, 0.15) is 17.2 Å². The van der Waals surface area contributed by atoms with Crippen molar-refractivity contribution in [2.45, 2.75) is 11.0 Å². The van der Waals surface area contributed by atoms with Crippen molar-refractivity contribution in [1.29, 1.82) is 0 Å². The van der Waals surface area contributed by atoms with Crippen LogP contribution in [0.5, 0.6) is 0 Å². The SMILES string of the molecule is CS(=O)(=O)c1cccc(C(O)c2cc(Cl)sc2Cl)c1. The number of aliphatic hydroxyl groups is 1. The van der Waals surface area contributed by atoms with Gasteiger partial charge in [0.05, 0.1) is 9.23 Å². The quantitative estimate of drug-likeness (QED) is 0.932. The zero-order chi connectivity index (χ0) is 14.2. The lowest BCUT2D eigenvalue weighted by Crippen LogP contribution is -2.02. The molecular formula is C12H10Cl2O3S2. The molecule has 7 heteroatoms. The molecule has 19 heavy (non-hydrogen) atoms. The van der Waals surface area contributed by atoms with E-state index in [2.05, 4.69) is 0 Å². The first-order valence-electron chi connectivity index (χ1n) is 5.22. The summed E-state index contributed by atoms with van der Waals surface area (Å²) in [7, 11) is -3.31. The Bertz CT molecular complexity index is 708. The van der Waals surface area contributed by atoms with Gasteiger partial charge in [-0.25, -0.2) is 8.42 Å². The van der Waals surface area contributed by atoms with E-state index < -0.39 is 15.9 Å². The van der Waals surface area contributed by atoms with E-state index in [1.54, 1.807) is 18.2 Å². The van der Waals surface area contributed by atoms with Crippen LogP contribution in [0.4, 0.5) is 0 Å². The number of benzene rings is 1. The largest absolute Gasteiger partial charge is 0.384 e. The molecule has 102 valence electrons. The van der Waals surface area contributed by atoms with Crippen LogP contribution >= 0.6 is 34.5 Å². The maximum atomic E-state index is 11.5. The Hall–Kier alpha value is -0.590. The lowest BCUT2D eigenvalue weighted by molar-refractivity contribution is 0.220. The van der Waals surface area contributed by atoms with E-state index in [0.717, 1.165) is 17.6 Å².